The number of anilines is 1. The van der Waals surface area contributed by atoms with Crippen molar-refractivity contribution in [2.24, 2.45) is 0 Å². The van der Waals surface area contributed by atoms with E-state index in [9.17, 15) is 0 Å². The highest BCUT2D eigenvalue weighted by atomic mass is 32.1. The number of nitrogens with zero attached hydrogens (tertiary/aromatic N) is 2. The van der Waals surface area contributed by atoms with Crippen LogP contribution in [0.2, 0.25) is 0 Å². The number of aromatic nitrogens is 2. The molecule has 14 heavy (non-hydrogen) atoms. The van der Waals surface area contributed by atoms with Crippen LogP contribution in [0.5, 0.6) is 0 Å². The first kappa shape index (κ1) is 9.21. The van der Waals surface area contributed by atoms with Crippen molar-refractivity contribution >= 4 is 16.5 Å². The summed E-state index contributed by atoms with van der Waals surface area (Å²) >= 11 is 1.59. The van der Waals surface area contributed by atoms with Crippen molar-refractivity contribution in [1.29, 1.82) is 0 Å². The highest BCUT2D eigenvalue weighted by Crippen LogP contribution is 2.15. The molecule has 0 aliphatic carbocycles. The molecule has 1 N–H and O–H groups in total. The van der Waals surface area contributed by atoms with Gasteiger partial charge in [-0.2, -0.15) is 0 Å². The van der Waals surface area contributed by atoms with E-state index in [0.717, 1.165) is 22.3 Å². The molecule has 0 aromatic carbocycles. The quantitative estimate of drug-likeness (QED) is 0.843. The van der Waals surface area contributed by atoms with E-state index in [2.05, 4.69) is 15.5 Å². The van der Waals surface area contributed by atoms with Gasteiger partial charge in [0.2, 0.25) is 0 Å². The van der Waals surface area contributed by atoms with Gasteiger partial charge < -0.3 is 9.84 Å². The second-order valence-corrected chi connectivity index (χ2v) is 3.94. The Kier molecular flexibility index (Phi) is 2.49. The van der Waals surface area contributed by atoms with E-state index >= 15 is 0 Å². The third kappa shape index (κ3) is 2.11. The lowest BCUT2D eigenvalue weighted by Gasteiger charge is -1.96. The van der Waals surface area contributed by atoms with E-state index in [4.69, 9.17) is 4.52 Å². The summed E-state index contributed by atoms with van der Waals surface area (Å²) in [4.78, 5) is 4.28. The van der Waals surface area contributed by atoms with Gasteiger partial charge in [-0.1, -0.05) is 5.16 Å². The second kappa shape index (κ2) is 3.79. The van der Waals surface area contributed by atoms with Crippen molar-refractivity contribution in [3.05, 3.63) is 28.6 Å². The van der Waals surface area contributed by atoms with Crippen LogP contribution in [0.4, 0.5) is 5.13 Å². The summed E-state index contributed by atoms with van der Waals surface area (Å²) in [5.41, 5.74) is 1.93. The minimum Gasteiger partial charge on any atom is -0.359 e. The maximum Gasteiger partial charge on any atom is 0.183 e. The normalized spacial score (nSPS) is 10.4. The van der Waals surface area contributed by atoms with Crippen LogP contribution in [0.3, 0.4) is 0 Å². The van der Waals surface area contributed by atoms with Gasteiger partial charge in [-0.25, -0.2) is 4.98 Å². The summed E-state index contributed by atoms with van der Waals surface area (Å²) in [5, 5.41) is 9.89. The zero-order chi connectivity index (χ0) is 9.97. The van der Waals surface area contributed by atoms with Gasteiger partial charge in [0.15, 0.2) is 10.9 Å². The molecule has 2 heterocycles. The number of rotatable bonds is 3. The lowest BCUT2D eigenvalue weighted by molar-refractivity contribution is 0.384. The van der Waals surface area contributed by atoms with Gasteiger partial charge >= 0.3 is 0 Å². The number of thiazole rings is 1. The van der Waals surface area contributed by atoms with Gasteiger partial charge in [-0.05, 0) is 13.8 Å². The Balaban J connectivity index is 1.94. The van der Waals surface area contributed by atoms with Gasteiger partial charge in [0.05, 0.1) is 17.9 Å². The van der Waals surface area contributed by atoms with Crippen LogP contribution in [0.25, 0.3) is 0 Å². The van der Waals surface area contributed by atoms with Crippen molar-refractivity contribution in [1.82, 2.24) is 10.1 Å². The fourth-order valence-corrected chi connectivity index (χ4v) is 1.78. The lowest BCUT2D eigenvalue weighted by atomic mass is 10.4. The average Bonchev–Trinajstić information content (AvgIpc) is 2.72. The number of hydrogen-bond acceptors (Lipinski definition) is 5. The van der Waals surface area contributed by atoms with Crippen LogP contribution < -0.4 is 5.32 Å². The molecule has 2 aromatic heterocycles. The Bertz CT molecular complexity index is 381. The van der Waals surface area contributed by atoms with E-state index in [1.54, 1.807) is 11.3 Å². The van der Waals surface area contributed by atoms with Crippen molar-refractivity contribution in [3.8, 4) is 0 Å². The predicted octanol–water partition coefficient (Wildman–Crippen LogP) is 2.36. The monoisotopic (exact) mass is 209 g/mol. The molecule has 74 valence electrons. The lowest BCUT2D eigenvalue weighted by Crippen LogP contribution is -1.97. The maximum atomic E-state index is 5.06. The molecule has 0 fully saturated rings. The molecule has 0 unspecified atom stereocenters. The molecule has 0 radical (unpaired) electrons. The van der Waals surface area contributed by atoms with Crippen LogP contribution in [0.15, 0.2) is 16.0 Å². The highest BCUT2D eigenvalue weighted by Gasteiger charge is 2.01. The zero-order valence-corrected chi connectivity index (χ0v) is 8.89. The maximum absolute atomic E-state index is 5.06. The Morgan fingerprint density at radius 2 is 2.29 bits per heavy atom. The van der Waals surface area contributed by atoms with Crippen LogP contribution in [0.1, 0.15) is 17.1 Å². The van der Waals surface area contributed by atoms with Crippen LogP contribution in [0, 0.1) is 13.8 Å². The van der Waals surface area contributed by atoms with Gasteiger partial charge in [-0.15, -0.1) is 11.3 Å². The molecule has 0 saturated carbocycles. The summed E-state index contributed by atoms with van der Waals surface area (Å²) in [6, 6.07) is 1.91. The molecule has 2 aromatic rings. The Morgan fingerprint density at radius 3 is 2.86 bits per heavy atom. The van der Waals surface area contributed by atoms with Crippen molar-refractivity contribution in [3.63, 3.8) is 0 Å². The summed E-state index contributed by atoms with van der Waals surface area (Å²) < 4.78 is 5.06. The van der Waals surface area contributed by atoms with E-state index in [-0.39, 0.29) is 0 Å². The SMILES string of the molecule is Cc1cc(CNc2nc(C)cs2)on1. The third-order valence-electron chi connectivity index (χ3n) is 1.71. The molecule has 4 nitrogen and oxygen atoms in total. The summed E-state index contributed by atoms with van der Waals surface area (Å²) in [6.07, 6.45) is 0. The number of aryl methyl sites for hydroxylation is 2. The molecular weight excluding hydrogens is 198 g/mol. The van der Waals surface area contributed by atoms with E-state index in [0.29, 0.717) is 6.54 Å². The first-order valence-electron chi connectivity index (χ1n) is 4.32. The molecule has 0 aliphatic rings. The van der Waals surface area contributed by atoms with E-state index in [1.165, 1.54) is 0 Å². The van der Waals surface area contributed by atoms with Crippen molar-refractivity contribution < 1.29 is 4.52 Å². The third-order valence-corrected chi connectivity index (χ3v) is 2.63. The van der Waals surface area contributed by atoms with E-state index < -0.39 is 0 Å². The van der Waals surface area contributed by atoms with Crippen molar-refractivity contribution in [2.45, 2.75) is 20.4 Å². The average molecular weight is 209 g/mol. The van der Waals surface area contributed by atoms with E-state index in [1.807, 2.05) is 25.3 Å². The first-order valence-corrected chi connectivity index (χ1v) is 5.20. The molecule has 0 atom stereocenters. The molecule has 2 rings (SSSR count). The van der Waals surface area contributed by atoms with Crippen LogP contribution in [-0.2, 0) is 6.54 Å². The summed E-state index contributed by atoms with van der Waals surface area (Å²) in [6.45, 7) is 4.51. The minimum absolute atomic E-state index is 0.633. The summed E-state index contributed by atoms with van der Waals surface area (Å²) in [5.74, 6) is 0.829. The highest BCUT2D eigenvalue weighted by molar-refractivity contribution is 7.13. The molecule has 0 spiro atoms. The van der Waals surface area contributed by atoms with Crippen LogP contribution in [-0.4, -0.2) is 10.1 Å². The largest absolute Gasteiger partial charge is 0.359 e. The number of nitrogens with one attached hydrogen (secondary N) is 1. The Labute approximate surface area is 86.0 Å². The zero-order valence-electron chi connectivity index (χ0n) is 8.07. The molecule has 0 bridgehead atoms. The number of hydrogen-bond donors (Lipinski definition) is 1. The predicted molar refractivity (Wildman–Crippen MR) is 55.4 cm³/mol. The second-order valence-electron chi connectivity index (χ2n) is 3.08. The first-order chi connectivity index (χ1) is 6.74. The Morgan fingerprint density at radius 1 is 1.43 bits per heavy atom. The van der Waals surface area contributed by atoms with Gasteiger partial charge in [0.25, 0.3) is 0 Å². The molecule has 5 heteroatoms. The summed E-state index contributed by atoms with van der Waals surface area (Å²) in [7, 11) is 0. The molecular formula is C9H11N3OS. The van der Waals surface area contributed by atoms with Gasteiger partial charge in [0, 0.05) is 11.4 Å². The Hall–Kier alpha value is -1.36. The standard InChI is InChI=1S/C9H11N3OS/c1-6-3-8(13-12-6)4-10-9-11-7(2)5-14-9/h3,5H,4H2,1-2H3,(H,10,11). The van der Waals surface area contributed by atoms with Gasteiger partial charge in [0.1, 0.15) is 0 Å². The smallest absolute Gasteiger partial charge is 0.183 e. The minimum atomic E-state index is 0.633. The topological polar surface area (TPSA) is 51.0 Å². The molecule has 0 amide bonds. The van der Waals surface area contributed by atoms with Gasteiger partial charge in [-0.3, -0.25) is 0 Å². The molecule has 0 aliphatic heterocycles. The fourth-order valence-electron chi connectivity index (χ4n) is 1.10. The van der Waals surface area contributed by atoms with Crippen molar-refractivity contribution in [2.75, 3.05) is 5.32 Å². The fraction of sp³-hybridized carbons (Fsp3) is 0.333. The van der Waals surface area contributed by atoms with Crippen LogP contribution >= 0.6 is 11.3 Å². The molecule has 0 saturated heterocycles.